The summed E-state index contributed by atoms with van der Waals surface area (Å²) < 4.78 is 17.3. The van der Waals surface area contributed by atoms with E-state index < -0.39 is 5.91 Å². The Balaban J connectivity index is 1.42. The van der Waals surface area contributed by atoms with Crippen LogP contribution in [0.2, 0.25) is 0 Å². The van der Waals surface area contributed by atoms with Gasteiger partial charge in [0.25, 0.3) is 5.91 Å². The third-order valence-electron chi connectivity index (χ3n) is 5.45. The van der Waals surface area contributed by atoms with Crippen molar-refractivity contribution in [1.29, 1.82) is 0 Å². The van der Waals surface area contributed by atoms with E-state index >= 15 is 0 Å². The van der Waals surface area contributed by atoms with E-state index in [1.165, 1.54) is 6.21 Å². The summed E-state index contributed by atoms with van der Waals surface area (Å²) in [7, 11) is 1.55. The molecule has 0 saturated carbocycles. The highest BCUT2D eigenvalue weighted by Gasteiger charge is 2.26. The molecule has 5 rings (SSSR count). The van der Waals surface area contributed by atoms with Crippen LogP contribution < -0.4 is 20.6 Å². The lowest BCUT2D eigenvalue weighted by atomic mass is 10.1. The monoisotopic (exact) mass is 510 g/mol. The second kappa shape index (κ2) is 11.0. The van der Waals surface area contributed by atoms with Crippen molar-refractivity contribution in [2.75, 3.05) is 12.8 Å². The number of rotatable bonds is 9. The number of nitrogen functional groups attached to an aromatic ring is 1. The lowest BCUT2D eigenvalue weighted by Gasteiger charge is -2.13. The van der Waals surface area contributed by atoms with Gasteiger partial charge in [0, 0.05) is 11.1 Å². The van der Waals surface area contributed by atoms with Gasteiger partial charge in [-0.15, -0.1) is 5.10 Å². The van der Waals surface area contributed by atoms with Crippen LogP contribution in [0.15, 0.2) is 88.6 Å². The minimum atomic E-state index is -0.609. The Morgan fingerprint density at radius 1 is 1.05 bits per heavy atom. The van der Waals surface area contributed by atoms with Gasteiger partial charge >= 0.3 is 0 Å². The number of methoxy groups -OCH3 is 1. The quantitative estimate of drug-likeness (QED) is 0.224. The number of nitrogens with zero attached hydrogens (tertiary/aromatic N) is 6. The molecule has 38 heavy (non-hydrogen) atoms. The van der Waals surface area contributed by atoms with E-state index in [-0.39, 0.29) is 17.3 Å². The van der Waals surface area contributed by atoms with Crippen molar-refractivity contribution in [3.8, 4) is 28.6 Å². The molecule has 0 unspecified atom stereocenters. The van der Waals surface area contributed by atoms with Gasteiger partial charge in [0.15, 0.2) is 17.2 Å². The number of hydrogen-bond donors (Lipinski definition) is 2. The number of carbonyl (C=O) groups is 1. The van der Waals surface area contributed by atoms with Crippen molar-refractivity contribution in [2.24, 2.45) is 5.10 Å². The van der Waals surface area contributed by atoms with Crippen molar-refractivity contribution in [2.45, 2.75) is 6.61 Å². The number of ether oxygens (including phenoxy) is 2. The molecule has 0 aliphatic heterocycles. The fourth-order valence-corrected chi connectivity index (χ4v) is 3.65. The summed E-state index contributed by atoms with van der Waals surface area (Å²) in [6.07, 6.45) is 1.46. The van der Waals surface area contributed by atoms with Gasteiger partial charge in [0.2, 0.25) is 11.6 Å². The van der Waals surface area contributed by atoms with Crippen LogP contribution in [-0.2, 0) is 6.61 Å². The molecule has 5 aromatic rings. The molecule has 0 radical (unpaired) electrons. The Morgan fingerprint density at radius 3 is 2.53 bits per heavy atom. The van der Waals surface area contributed by atoms with E-state index in [2.05, 4.69) is 35.8 Å². The molecule has 0 aliphatic rings. The molecule has 190 valence electrons. The summed E-state index contributed by atoms with van der Waals surface area (Å²) in [5, 5.41) is 19.7. The van der Waals surface area contributed by atoms with Crippen LogP contribution in [0.3, 0.4) is 0 Å². The number of aromatic nitrogens is 5. The second-order valence-corrected chi connectivity index (χ2v) is 7.89. The van der Waals surface area contributed by atoms with E-state index in [1.807, 2.05) is 48.5 Å². The van der Waals surface area contributed by atoms with Gasteiger partial charge in [-0.25, -0.2) is 10.1 Å². The maximum absolute atomic E-state index is 13.3. The van der Waals surface area contributed by atoms with Crippen molar-refractivity contribution in [3.63, 3.8) is 0 Å². The van der Waals surface area contributed by atoms with Gasteiger partial charge in [-0.2, -0.15) is 9.78 Å². The summed E-state index contributed by atoms with van der Waals surface area (Å²) in [5.74, 6) is 0.373. The molecule has 1 amide bonds. The van der Waals surface area contributed by atoms with Crippen LogP contribution in [-0.4, -0.2) is 44.5 Å². The smallest absolute Gasteiger partial charge is 0.292 e. The number of hydrogen-bond acceptors (Lipinski definition) is 10. The molecular weight excluding hydrogens is 488 g/mol. The number of para-hydroxylation sites is 1. The fraction of sp³-hybridized carbons (Fsp3) is 0.0769. The Hall–Kier alpha value is -5.52. The molecule has 12 nitrogen and oxygen atoms in total. The zero-order valence-corrected chi connectivity index (χ0v) is 20.2. The molecule has 0 bridgehead atoms. The summed E-state index contributed by atoms with van der Waals surface area (Å²) in [5.41, 5.74) is 10.9. The van der Waals surface area contributed by atoms with Crippen molar-refractivity contribution in [3.05, 3.63) is 95.7 Å². The number of nitrogens with one attached hydrogen (secondary N) is 1. The molecule has 2 aromatic heterocycles. The average molecular weight is 511 g/mol. The predicted octanol–water partition coefficient (Wildman–Crippen LogP) is 3.25. The molecule has 3 aromatic carbocycles. The normalized spacial score (nSPS) is 11.0. The average Bonchev–Trinajstić information content (AvgIpc) is 3.59. The molecule has 0 aliphatic carbocycles. The summed E-state index contributed by atoms with van der Waals surface area (Å²) in [6, 6.07) is 24.2. The lowest BCUT2D eigenvalue weighted by Crippen LogP contribution is -2.22. The third kappa shape index (κ3) is 5.04. The van der Waals surface area contributed by atoms with Crippen molar-refractivity contribution < 1.29 is 18.9 Å². The molecule has 0 atom stereocenters. The fourth-order valence-electron chi connectivity index (χ4n) is 3.65. The Morgan fingerprint density at radius 2 is 1.82 bits per heavy atom. The van der Waals surface area contributed by atoms with Gasteiger partial charge < -0.3 is 15.2 Å². The van der Waals surface area contributed by atoms with Crippen LogP contribution in [0.5, 0.6) is 11.5 Å². The third-order valence-corrected chi connectivity index (χ3v) is 5.45. The van der Waals surface area contributed by atoms with Gasteiger partial charge in [-0.05, 0) is 28.0 Å². The van der Waals surface area contributed by atoms with Gasteiger partial charge in [0.05, 0.1) is 13.3 Å². The van der Waals surface area contributed by atoms with Crippen LogP contribution in [0.4, 0.5) is 5.82 Å². The van der Waals surface area contributed by atoms with Crippen LogP contribution in [0, 0.1) is 0 Å². The number of amides is 1. The molecular formula is C26H22N8O4. The second-order valence-electron chi connectivity index (χ2n) is 7.89. The first kappa shape index (κ1) is 24.2. The Kier molecular flexibility index (Phi) is 7.02. The minimum absolute atomic E-state index is 0.0261. The van der Waals surface area contributed by atoms with E-state index in [4.69, 9.17) is 15.2 Å². The van der Waals surface area contributed by atoms with Crippen LogP contribution >= 0.6 is 0 Å². The molecule has 12 heteroatoms. The molecule has 0 spiro atoms. The van der Waals surface area contributed by atoms with E-state index in [0.29, 0.717) is 34.9 Å². The lowest BCUT2D eigenvalue weighted by molar-refractivity contribution is 0.0947. The summed E-state index contributed by atoms with van der Waals surface area (Å²) >= 11 is 0. The highest BCUT2D eigenvalue weighted by molar-refractivity contribution is 5.99. The van der Waals surface area contributed by atoms with Gasteiger partial charge in [0.1, 0.15) is 12.3 Å². The largest absolute Gasteiger partial charge is 0.493 e. The molecule has 2 heterocycles. The predicted molar refractivity (Wildman–Crippen MR) is 138 cm³/mol. The van der Waals surface area contributed by atoms with Crippen molar-refractivity contribution in [1.82, 2.24) is 30.7 Å². The highest BCUT2D eigenvalue weighted by Crippen LogP contribution is 2.31. The first-order valence-electron chi connectivity index (χ1n) is 11.4. The van der Waals surface area contributed by atoms with Gasteiger partial charge in [-0.1, -0.05) is 71.9 Å². The van der Waals surface area contributed by atoms with Crippen LogP contribution in [0.1, 0.15) is 21.6 Å². The van der Waals surface area contributed by atoms with Crippen molar-refractivity contribution >= 4 is 17.9 Å². The first-order valence-corrected chi connectivity index (χ1v) is 11.4. The Labute approximate surface area is 216 Å². The number of anilines is 1. The number of hydrazone groups is 1. The summed E-state index contributed by atoms with van der Waals surface area (Å²) in [4.78, 5) is 13.3. The van der Waals surface area contributed by atoms with E-state index in [1.54, 1.807) is 37.4 Å². The topological polar surface area (TPSA) is 156 Å². The number of carbonyl (C=O) groups excluding carboxylic acids is 1. The van der Waals surface area contributed by atoms with Crippen LogP contribution in [0.25, 0.3) is 17.1 Å². The maximum atomic E-state index is 13.3. The SMILES string of the molecule is COc1cccc(/C=N\NC(=O)c2c(-c3ccccc3)nnn2-c2nonc2N)c1OCc1ccccc1. The molecule has 3 N–H and O–H groups in total. The zero-order valence-electron chi connectivity index (χ0n) is 20.2. The van der Waals surface area contributed by atoms with E-state index in [0.717, 1.165) is 10.2 Å². The standard InChI is InChI=1S/C26H22N8O4/c1-36-20-14-8-13-19(23(20)37-16-17-9-4-2-5-10-17)15-28-30-26(35)22-21(18-11-6-3-7-12-18)29-33-34(22)25-24(27)31-38-32-25/h2-15H,16H2,1H3,(H2,27,31)(H,30,35)/b28-15-. The maximum Gasteiger partial charge on any atom is 0.292 e. The Bertz CT molecular complexity index is 1560. The van der Waals surface area contributed by atoms with E-state index in [9.17, 15) is 4.79 Å². The number of benzene rings is 3. The molecule has 0 saturated heterocycles. The van der Waals surface area contributed by atoms with Gasteiger partial charge in [-0.3, -0.25) is 4.79 Å². The summed E-state index contributed by atoms with van der Waals surface area (Å²) in [6.45, 7) is 0.326. The first-order chi connectivity index (χ1) is 18.7. The number of nitrogens with two attached hydrogens (primary N) is 1. The zero-order chi connectivity index (χ0) is 26.3. The molecule has 0 fully saturated rings. The highest BCUT2D eigenvalue weighted by atomic mass is 16.6. The minimum Gasteiger partial charge on any atom is -0.493 e.